The second-order valence-electron chi connectivity index (χ2n) is 5.97. The summed E-state index contributed by atoms with van der Waals surface area (Å²) in [6, 6.07) is -0.0490. The Morgan fingerprint density at radius 3 is 2.74 bits per heavy atom. The summed E-state index contributed by atoms with van der Waals surface area (Å²) in [5.74, 6) is 2.16. The van der Waals surface area contributed by atoms with Crippen molar-refractivity contribution in [3.63, 3.8) is 0 Å². The number of hydrogen-bond acceptors (Lipinski definition) is 7. The number of nitrogens with two attached hydrogens (primary N) is 1. The van der Waals surface area contributed by atoms with E-state index in [-0.39, 0.29) is 12.0 Å². The van der Waals surface area contributed by atoms with E-state index in [1.54, 1.807) is 6.33 Å². The van der Waals surface area contributed by atoms with E-state index in [9.17, 15) is 0 Å². The molecule has 0 spiro atoms. The van der Waals surface area contributed by atoms with Crippen LogP contribution in [0.25, 0.3) is 11.2 Å². The molecular formula is C15H21N7O. The number of imidazole rings is 1. The number of anilines is 1. The quantitative estimate of drug-likeness (QED) is 0.659. The smallest absolute Gasteiger partial charge is 0.183 e. The number of fused-ring (bicyclic) bond motifs is 1. The van der Waals surface area contributed by atoms with Crippen LogP contribution >= 0.6 is 0 Å². The first kappa shape index (κ1) is 15.4. The molecule has 0 saturated carbocycles. The van der Waals surface area contributed by atoms with E-state index in [4.69, 9.17) is 10.3 Å². The predicted molar refractivity (Wildman–Crippen MR) is 86.5 cm³/mol. The standard InChI is InChI=1S/C15H21N7O/c1-7(2)11(17-5-10-8(3)22-23-9(10)4)15-20-13(16)12-14(21-15)19-6-18-12/h6-7,11,17H,5H2,1-4H3,(H3,16,18,19,20,21). The summed E-state index contributed by atoms with van der Waals surface area (Å²) in [6.45, 7) is 8.69. The van der Waals surface area contributed by atoms with Crippen LogP contribution in [0.4, 0.5) is 5.82 Å². The van der Waals surface area contributed by atoms with E-state index in [0.29, 0.717) is 29.4 Å². The molecule has 8 heteroatoms. The minimum Gasteiger partial charge on any atom is -0.382 e. The molecule has 0 amide bonds. The van der Waals surface area contributed by atoms with Crippen LogP contribution in [0.15, 0.2) is 10.9 Å². The lowest BCUT2D eigenvalue weighted by Crippen LogP contribution is -2.28. The van der Waals surface area contributed by atoms with Crippen LogP contribution in [0.5, 0.6) is 0 Å². The van der Waals surface area contributed by atoms with E-state index >= 15 is 0 Å². The highest BCUT2D eigenvalue weighted by Crippen LogP contribution is 2.23. The van der Waals surface area contributed by atoms with Gasteiger partial charge in [-0.05, 0) is 19.8 Å². The topological polar surface area (TPSA) is 119 Å². The number of aromatic nitrogens is 5. The zero-order valence-electron chi connectivity index (χ0n) is 13.7. The molecule has 8 nitrogen and oxygen atoms in total. The molecule has 0 bridgehead atoms. The van der Waals surface area contributed by atoms with Gasteiger partial charge in [-0.15, -0.1) is 0 Å². The van der Waals surface area contributed by atoms with Crippen molar-refractivity contribution in [3.05, 3.63) is 29.2 Å². The van der Waals surface area contributed by atoms with Crippen molar-refractivity contribution in [1.29, 1.82) is 0 Å². The highest BCUT2D eigenvalue weighted by atomic mass is 16.5. The summed E-state index contributed by atoms with van der Waals surface area (Å²) in [4.78, 5) is 16.1. The van der Waals surface area contributed by atoms with Gasteiger partial charge < -0.3 is 20.6 Å². The van der Waals surface area contributed by atoms with Gasteiger partial charge in [-0.1, -0.05) is 19.0 Å². The first-order chi connectivity index (χ1) is 11.0. The monoisotopic (exact) mass is 315 g/mol. The third-order valence-electron chi connectivity index (χ3n) is 3.96. The van der Waals surface area contributed by atoms with Gasteiger partial charge in [0.25, 0.3) is 0 Å². The lowest BCUT2D eigenvalue weighted by Gasteiger charge is -2.21. The SMILES string of the molecule is Cc1noc(C)c1CNC(c1nc(N)c2[nH]cnc2n1)C(C)C. The Labute approximate surface area is 133 Å². The number of aryl methyl sites for hydroxylation is 2. The molecule has 3 rings (SSSR count). The zero-order chi connectivity index (χ0) is 16.6. The van der Waals surface area contributed by atoms with Crippen LogP contribution in [0, 0.1) is 19.8 Å². The van der Waals surface area contributed by atoms with E-state index in [2.05, 4.69) is 44.3 Å². The van der Waals surface area contributed by atoms with Gasteiger partial charge >= 0.3 is 0 Å². The number of nitrogens with one attached hydrogen (secondary N) is 2. The molecule has 4 N–H and O–H groups in total. The summed E-state index contributed by atoms with van der Waals surface area (Å²) >= 11 is 0. The maximum Gasteiger partial charge on any atom is 0.183 e. The van der Waals surface area contributed by atoms with Crippen molar-refractivity contribution < 1.29 is 4.52 Å². The fourth-order valence-electron chi connectivity index (χ4n) is 2.60. The highest BCUT2D eigenvalue weighted by Gasteiger charge is 2.22. The van der Waals surface area contributed by atoms with Crippen molar-refractivity contribution in [3.8, 4) is 0 Å². The third kappa shape index (κ3) is 2.89. The van der Waals surface area contributed by atoms with Crippen LogP contribution in [-0.2, 0) is 6.54 Å². The molecule has 3 heterocycles. The molecule has 0 fully saturated rings. The van der Waals surface area contributed by atoms with Crippen LogP contribution in [0.1, 0.15) is 42.7 Å². The maximum absolute atomic E-state index is 6.00. The second kappa shape index (κ2) is 5.96. The number of rotatable bonds is 5. The number of aromatic amines is 1. The van der Waals surface area contributed by atoms with E-state index in [1.165, 1.54) is 0 Å². The van der Waals surface area contributed by atoms with Gasteiger partial charge in [0, 0.05) is 12.1 Å². The molecule has 3 aromatic heterocycles. The van der Waals surface area contributed by atoms with E-state index in [1.807, 2.05) is 13.8 Å². The predicted octanol–water partition coefficient (Wildman–Crippen LogP) is 2.03. The molecular weight excluding hydrogens is 294 g/mol. The number of nitrogens with zero attached hydrogens (tertiary/aromatic N) is 4. The molecule has 3 aromatic rings. The molecule has 0 aliphatic rings. The highest BCUT2D eigenvalue weighted by molar-refractivity contribution is 5.80. The van der Waals surface area contributed by atoms with Crippen molar-refractivity contribution in [2.75, 3.05) is 5.73 Å². The average Bonchev–Trinajstić information content (AvgIpc) is 3.08. The van der Waals surface area contributed by atoms with E-state index < -0.39 is 0 Å². The lowest BCUT2D eigenvalue weighted by atomic mass is 10.0. The Kier molecular flexibility index (Phi) is 3.99. The fraction of sp³-hybridized carbons (Fsp3) is 0.467. The van der Waals surface area contributed by atoms with Gasteiger partial charge in [-0.25, -0.2) is 15.0 Å². The third-order valence-corrected chi connectivity index (χ3v) is 3.96. The Balaban J connectivity index is 1.88. The molecule has 0 saturated heterocycles. The molecule has 0 radical (unpaired) electrons. The van der Waals surface area contributed by atoms with Gasteiger partial charge in [0.15, 0.2) is 17.3 Å². The molecule has 0 aliphatic heterocycles. The minimum absolute atomic E-state index is 0.0490. The normalized spacial score (nSPS) is 13.1. The Bertz CT molecular complexity index is 801. The largest absolute Gasteiger partial charge is 0.382 e. The summed E-state index contributed by atoms with van der Waals surface area (Å²) in [5, 5.41) is 7.46. The van der Waals surface area contributed by atoms with Crippen molar-refractivity contribution in [1.82, 2.24) is 30.4 Å². The summed E-state index contributed by atoms with van der Waals surface area (Å²) in [5.41, 5.74) is 9.20. The Morgan fingerprint density at radius 2 is 2.09 bits per heavy atom. The van der Waals surface area contributed by atoms with Crippen molar-refractivity contribution >= 4 is 17.0 Å². The molecule has 1 atom stereocenters. The van der Waals surface area contributed by atoms with Gasteiger partial charge in [0.1, 0.15) is 11.3 Å². The molecule has 23 heavy (non-hydrogen) atoms. The van der Waals surface area contributed by atoms with Crippen molar-refractivity contribution in [2.24, 2.45) is 5.92 Å². The number of nitrogen functional groups attached to an aromatic ring is 1. The summed E-state index contributed by atoms with van der Waals surface area (Å²) in [7, 11) is 0. The molecule has 1 unspecified atom stereocenters. The second-order valence-corrected chi connectivity index (χ2v) is 5.97. The van der Waals surface area contributed by atoms with Gasteiger partial charge in [0.05, 0.1) is 18.1 Å². The number of hydrogen-bond donors (Lipinski definition) is 3. The molecule has 0 aromatic carbocycles. The van der Waals surface area contributed by atoms with E-state index in [0.717, 1.165) is 17.0 Å². The Morgan fingerprint density at radius 1 is 1.30 bits per heavy atom. The molecule has 0 aliphatic carbocycles. The first-order valence-corrected chi connectivity index (χ1v) is 7.59. The first-order valence-electron chi connectivity index (χ1n) is 7.59. The van der Waals surface area contributed by atoms with Crippen molar-refractivity contribution in [2.45, 2.75) is 40.3 Å². The zero-order valence-corrected chi connectivity index (χ0v) is 13.7. The summed E-state index contributed by atoms with van der Waals surface area (Å²) < 4.78 is 5.20. The molecule has 122 valence electrons. The summed E-state index contributed by atoms with van der Waals surface area (Å²) in [6.07, 6.45) is 1.57. The maximum atomic E-state index is 6.00. The minimum atomic E-state index is -0.0490. The Hall–Kier alpha value is -2.48. The lowest BCUT2D eigenvalue weighted by molar-refractivity contribution is 0.382. The average molecular weight is 315 g/mol. The van der Waals surface area contributed by atoms with Gasteiger partial charge in [-0.2, -0.15) is 0 Å². The van der Waals surface area contributed by atoms with Gasteiger partial charge in [0.2, 0.25) is 0 Å². The van der Waals surface area contributed by atoms with Gasteiger partial charge in [-0.3, -0.25) is 0 Å². The van der Waals surface area contributed by atoms with Crippen LogP contribution < -0.4 is 11.1 Å². The fourth-order valence-corrected chi connectivity index (χ4v) is 2.60. The van der Waals surface area contributed by atoms with Crippen LogP contribution in [0.3, 0.4) is 0 Å². The van der Waals surface area contributed by atoms with Crippen LogP contribution in [0.2, 0.25) is 0 Å². The van der Waals surface area contributed by atoms with Crippen LogP contribution in [-0.4, -0.2) is 25.1 Å². The number of H-pyrrole nitrogens is 1.